The van der Waals surface area contributed by atoms with Crippen LogP contribution in [0.3, 0.4) is 0 Å². The van der Waals surface area contributed by atoms with Gasteiger partial charge in [-0.15, -0.1) is 12.4 Å². The molecule has 0 spiro atoms. The Morgan fingerprint density at radius 3 is 2.79 bits per heavy atom. The molecule has 0 atom stereocenters. The highest BCUT2D eigenvalue weighted by molar-refractivity contribution is 6.30. The summed E-state index contributed by atoms with van der Waals surface area (Å²) in [5, 5.41) is 9.25. The molecule has 3 nitrogen and oxygen atoms in total. The van der Waals surface area contributed by atoms with Gasteiger partial charge in [0.1, 0.15) is 18.4 Å². The molecule has 0 saturated heterocycles. The minimum atomic E-state index is 0. The zero-order valence-corrected chi connectivity index (χ0v) is 8.94. The van der Waals surface area contributed by atoms with Crippen molar-refractivity contribution in [2.24, 2.45) is 5.73 Å². The molecule has 0 unspecified atom stereocenters. The quantitative estimate of drug-likeness (QED) is 0.868. The number of hydrogen-bond acceptors (Lipinski definition) is 3. The van der Waals surface area contributed by atoms with E-state index in [0.29, 0.717) is 29.5 Å². The van der Waals surface area contributed by atoms with E-state index in [-0.39, 0.29) is 12.4 Å². The molecule has 14 heavy (non-hydrogen) atoms. The molecular weight excluding hydrogens is 223 g/mol. The topological polar surface area (TPSA) is 59.0 Å². The minimum absolute atomic E-state index is 0. The highest BCUT2D eigenvalue weighted by atomic mass is 35.5. The Bertz CT molecular complexity index is 336. The minimum Gasteiger partial charge on any atom is -0.491 e. The number of rotatable bonds is 3. The smallest absolute Gasteiger partial charge is 0.137 e. The van der Waals surface area contributed by atoms with Crippen LogP contribution in [0.4, 0.5) is 0 Å². The van der Waals surface area contributed by atoms with Gasteiger partial charge in [0, 0.05) is 11.6 Å². The number of nitriles is 1. The standard InChI is InChI=1S/C9H9ClN2O.ClH/c10-8-1-2-9(13-4-3-11)7(5-8)6-12;/h1-2,5H,3-4,11H2;1H. The van der Waals surface area contributed by atoms with Crippen LogP contribution in [0.1, 0.15) is 5.56 Å². The zero-order chi connectivity index (χ0) is 9.68. The average Bonchev–Trinajstić information content (AvgIpc) is 2.16. The van der Waals surface area contributed by atoms with Crippen LogP contribution >= 0.6 is 24.0 Å². The van der Waals surface area contributed by atoms with Crippen molar-refractivity contribution < 1.29 is 4.74 Å². The summed E-state index contributed by atoms with van der Waals surface area (Å²) in [6.07, 6.45) is 0. The molecule has 1 aromatic carbocycles. The Morgan fingerprint density at radius 1 is 1.50 bits per heavy atom. The van der Waals surface area contributed by atoms with E-state index in [1.54, 1.807) is 18.2 Å². The molecular formula is C9H10Cl2N2O. The van der Waals surface area contributed by atoms with Gasteiger partial charge in [0.05, 0.1) is 5.56 Å². The van der Waals surface area contributed by atoms with Gasteiger partial charge in [-0.3, -0.25) is 0 Å². The largest absolute Gasteiger partial charge is 0.491 e. The highest BCUT2D eigenvalue weighted by Gasteiger charge is 2.02. The van der Waals surface area contributed by atoms with Gasteiger partial charge < -0.3 is 10.5 Å². The predicted octanol–water partition coefficient (Wildman–Crippen LogP) is 1.97. The first kappa shape index (κ1) is 13.1. The van der Waals surface area contributed by atoms with E-state index in [1.807, 2.05) is 6.07 Å². The van der Waals surface area contributed by atoms with E-state index in [4.69, 9.17) is 27.3 Å². The summed E-state index contributed by atoms with van der Waals surface area (Å²) in [4.78, 5) is 0. The molecule has 0 aliphatic rings. The van der Waals surface area contributed by atoms with Crippen LogP contribution in [-0.4, -0.2) is 13.2 Å². The summed E-state index contributed by atoms with van der Waals surface area (Å²) >= 11 is 5.70. The second-order valence-corrected chi connectivity index (χ2v) is 2.83. The Kier molecular flexibility index (Phi) is 6.06. The Hall–Kier alpha value is -0.950. The molecule has 1 aromatic rings. The van der Waals surface area contributed by atoms with Gasteiger partial charge in [-0.2, -0.15) is 5.26 Å². The zero-order valence-electron chi connectivity index (χ0n) is 7.37. The number of benzene rings is 1. The second kappa shape index (κ2) is 6.50. The monoisotopic (exact) mass is 232 g/mol. The van der Waals surface area contributed by atoms with Crippen molar-refractivity contribution in [1.29, 1.82) is 5.26 Å². The van der Waals surface area contributed by atoms with Gasteiger partial charge in [0.15, 0.2) is 0 Å². The third-order valence-electron chi connectivity index (χ3n) is 1.44. The lowest BCUT2D eigenvalue weighted by Crippen LogP contribution is -2.11. The molecule has 0 bridgehead atoms. The first-order valence-corrected chi connectivity index (χ1v) is 4.18. The van der Waals surface area contributed by atoms with Gasteiger partial charge in [0.25, 0.3) is 0 Å². The van der Waals surface area contributed by atoms with Crippen molar-refractivity contribution in [1.82, 2.24) is 0 Å². The maximum atomic E-state index is 8.72. The van der Waals surface area contributed by atoms with Crippen LogP contribution in [0.2, 0.25) is 5.02 Å². The van der Waals surface area contributed by atoms with Crippen LogP contribution in [0.15, 0.2) is 18.2 Å². The fraction of sp³-hybridized carbons (Fsp3) is 0.222. The van der Waals surface area contributed by atoms with E-state index in [0.717, 1.165) is 0 Å². The molecule has 2 N–H and O–H groups in total. The molecule has 0 aliphatic heterocycles. The number of nitrogens with zero attached hydrogens (tertiary/aromatic N) is 1. The molecule has 0 aromatic heterocycles. The third kappa shape index (κ3) is 3.43. The maximum Gasteiger partial charge on any atom is 0.137 e. The SMILES string of the molecule is Cl.N#Cc1cc(Cl)ccc1OCCN. The van der Waals surface area contributed by atoms with Crippen molar-refractivity contribution in [2.75, 3.05) is 13.2 Å². The van der Waals surface area contributed by atoms with Crippen molar-refractivity contribution in [3.8, 4) is 11.8 Å². The number of hydrogen-bond donors (Lipinski definition) is 1. The maximum absolute atomic E-state index is 8.72. The lowest BCUT2D eigenvalue weighted by atomic mass is 10.2. The van der Waals surface area contributed by atoms with E-state index in [2.05, 4.69) is 0 Å². The normalized spacial score (nSPS) is 8.64. The summed E-state index contributed by atoms with van der Waals surface area (Å²) in [7, 11) is 0. The number of ether oxygens (including phenoxy) is 1. The van der Waals surface area contributed by atoms with E-state index < -0.39 is 0 Å². The van der Waals surface area contributed by atoms with Gasteiger partial charge in [-0.1, -0.05) is 11.6 Å². The van der Waals surface area contributed by atoms with Crippen molar-refractivity contribution in [3.05, 3.63) is 28.8 Å². The van der Waals surface area contributed by atoms with E-state index in [1.165, 1.54) is 0 Å². The summed E-state index contributed by atoms with van der Waals surface area (Å²) in [5.41, 5.74) is 5.70. The molecule has 0 heterocycles. The van der Waals surface area contributed by atoms with Crippen LogP contribution in [0.5, 0.6) is 5.75 Å². The average molecular weight is 233 g/mol. The molecule has 0 amide bonds. The second-order valence-electron chi connectivity index (χ2n) is 2.39. The summed E-state index contributed by atoms with van der Waals surface area (Å²) in [5.74, 6) is 0.525. The third-order valence-corrected chi connectivity index (χ3v) is 1.67. The Balaban J connectivity index is 0.00000169. The fourth-order valence-corrected chi connectivity index (χ4v) is 1.06. The molecule has 5 heteroatoms. The first-order valence-electron chi connectivity index (χ1n) is 3.80. The van der Waals surface area contributed by atoms with Gasteiger partial charge >= 0.3 is 0 Å². The number of nitrogens with two attached hydrogens (primary N) is 1. The van der Waals surface area contributed by atoms with E-state index in [9.17, 15) is 0 Å². The van der Waals surface area contributed by atoms with Crippen LogP contribution in [-0.2, 0) is 0 Å². The Morgan fingerprint density at radius 2 is 2.21 bits per heavy atom. The number of halogens is 2. The lowest BCUT2D eigenvalue weighted by Gasteiger charge is -2.05. The molecule has 76 valence electrons. The van der Waals surface area contributed by atoms with Gasteiger partial charge in [0.2, 0.25) is 0 Å². The van der Waals surface area contributed by atoms with Crippen LogP contribution in [0.25, 0.3) is 0 Å². The van der Waals surface area contributed by atoms with Crippen LogP contribution in [0, 0.1) is 11.3 Å². The molecule has 0 saturated carbocycles. The summed E-state index contributed by atoms with van der Waals surface area (Å²) < 4.78 is 5.23. The highest BCUT2D eigenvalue weighted by Crippen LogP contribution is 2.21. The molecule has 1 rings (SSSR count). The first-order chi connectivity index (χ1) is 6.27. The van der Waals surface area contributed by atoms with Crippen molar-refractivity contribution in [2.45, 2.75) is 0 Å². The summed E-state index contributed by atoms with van der Waals surface area (Å²) in [6, 6.07) is 6.90. The Labute approximate surface area is 93.8 Å². The fourth-order valence-electron chi connectivity index (χ4n) is 0.884. The predicted molar refractivity (Wildman–Crippen MR) is 58.0 cm³/mol. The van der Waals surface area contributed by atoms with Crippen molar-refractivity contribution >= 4 is 24.0 Å². The molecule has 0 aliphatic carbocycles. The van der Waals surface area contributed by atoms with Crippen LogP contribution < -0.4 is 10.5 Å². The molecule has 0 fully saturated rings. The van der Waals surface area contributed by atoms with Crippen molar-refractivity contribution in [3.63, 3.8) is 0 Å². The van der Waals surface area contributed by atoms with Gasteiger partial charge in [-0.05, 0) is 18.2 Å². The van der Waals surface area contributed by atoms with Gasteiger partial charge in [-0.25, -0.2) is 0 Å². The summed E-state index contributed by atoms with van der Waals surface area (Å²) in [6.45, 7) is 0.823. The lowest BCUT2D eigenvalue weighted by molar-refractivity contribution is 0.327. The molecule has 0 radical (unpaired) electrons. The van der Waals surface area contributed by atoms with E-state index >= 15 is 0 Å².